The maximum Gasteiger partial charge on any atom is 0.0859 e. The molecule has 40 heavy (non-hydrogen) atoms. The minimum Gasteiger partial charge on any atom is -0.372 e. The van der Waals surface area contributed by atoms with Crippen LogP contribution in [-0.2, 0) is 5.54 Å². The van der Waals surface area contributed by atoms with Gasteiger partial charge >= 0.3 is 0 Å². The lowest BCUT2D eigenvalue weighted by Crippen LogP contribution is -2.35. The van der Waals surface area contributed by atoms with E-state index in [2.05, 4.69) is 162 Å². The zero-order chi connectivity index (χ0) is 26.8. The summed E-state index contributed by atoms with van der Waals surface area (Å²) in [5.74, 6) is 0. The predicted octanol–water partition coefficient (Wildman–Crippen LogP) is 10.5. The van der Waals surface area contributed by atoms with E-state index in [0.717, 1.165) is 29.2 Å². The van der Waals surface area contributed by atoms with Crippen molar-refractivity contribution in [3.05, 3.63) is 167 Å². The van der Waals surface area contributed by atoms with Crippen molar-refractivity contribution < 1.29 is 0 Å². The van der Waals surface area contributed by atoms with Crippen LogP contribution in [0.25, 0.3) is 0 Å². The third-order valence-electron chi connectivity index (χ3n) is 7.33. The molecule has 1 atom stereocenters. The summed E-state index contributed by atoms with van der Waals surface area (Å²) in [6, 6.07) is 49.4. The van der Waals surface area contributed by atoms with E-state index in [1.54, 1.807) is 0 Å². The molecule has 4 heteroatoms. The Morgan fingerprint density at radius 2 is 1.18 bits per heavy atom. The molecular weight excluding hydrogens is 525 g/mol. The lowest BCUT2D eigenvalue weighted by molar-refractivity contribution is 0.612. The van der Waals surface area contributed by atoms with Gasteiger partial charge in [0.15, 0.2) is 0 Å². The second-order valence-electron chi connectivity index (χ2n) is 9.97. The molecule has 7 rings (SSSR count). The van der Waals surface area contributed by atoms with Crippen molar-refractivity contribution >= 4 is 46.3 Å². The van der Waals surface area contributed by atoms with Gasteiger partial charge in [0.05, 0.1) is 5.54 Å². The SMILES string of the molecule is C1=CC(Nc2ccccc2)(c2ccccc2)CC2=C1Sc1cc(N(c3ccccc3)c3ccccc3)ccc1S2. The number of hydrogen-bond donors (Lipinski definition) is 1. The Bertz CT molecular complexity index is 1640. The quantitative estimate of drug-likeness (QED) is 0.225. The Labute approximate surface area is 244 Å². The molecule has 1 aliphatic carbocycles. The number of benzene rings is 5. The van der Waals surface area contributed by atoms with Gasteiger partial charge in [-0.3, -0.25) is 0 Å². The molecule has 0 fully saturated rings. The van der Waals surface area contributed by atoms with Crippen LogP contribution in [0.3, 0.4) is 0 Å². The molecule has 2 aliphatic rings. The molecule has 1 heterocycles. The Hall–Kier alpha value is -4.12. The van der Waals surface area contributed by atoms with Gasteiger partial charge in [-0.05, 0) is 66.2 Å². The highest BCUT2D eigenvalue weighted by molar-refractivity contribution is 8.09. The number of thioether (sulfide) groups is 2. The monoisotopic (exact) mass is 552 g/mol. The van der Waals surface area contributed by atoms with E-state index in [9.17, 15) is 0 Å². The van der Waals surface area contributed by atoms with Crippen molar-refractivity contribution in [1.29, 1.82) is 0 Å². The third kappa shape index (κ3) is 4.85. The summed E-state index contributed by atoms with van der Waals surface area (Å²) in [5, 5.41) is 3.88. The summed E-state index contributed by atoms with van der Waals surface area (Å²) < 4.78 is 0. The fourth-order valence-corrected chi connectivity index (χ4v) is 7.85. The zero-order valence-electron chi connectivity index (χ0n) is 21.9. The van der Waals surface area contributed by atoms with Crippen LogP contribution in [0, 0.1) is 0 Å². The Morgan fingerprint density at radius 3 is 1.82 bits per heavy atom. The largest absolute Gasteiger partial charge is 0.372 e. The Morgan fingerprint density at radius 1 is 0.575 bits per heavy atom. The molecule has 0 amide bonds. The summed E-state index contributed by atoms with van der Waals surface area (Å²) in [7, 11) is 0. The number of para-hydroxylation sites is 3. The first-order valence-corrected chi connectivity index (χ1v) is 15.1. The molecule has 0 spiro atoms. The number of hydrogen-bond acceptors (Lipinski definition) is 4. The van der Waals surface area contributed by atoms with Crippen molar-refractivity contribution in [1.82, 2.24) is 0 Å². The van der Waals surface area contributed by atoms with Gasteiger partial charge in [0.25, 0.3) is 0 Å². The highest BCUT2D eigenvalue weighted by Gasteiger charge is 2.36. The van der Waals surface area contributed by atoms with Crippen molar-refractivity contribution in [2.45, 2.75) is 21.8 Å². The topological polar surface area (TPSA) is 15.3 Å². The summed E-state index contributed by atoms with van der Waals surface area (Å²) in [6.45, 7) is 0. The fraction of sp³-hybridized carbons (Fsp3) is 0.0556. The molecule has 1 unspecified atom stereocenters. The number of nitrogens with zero attached hydrogens (tertiary/aromatic N) is 1. The molecule has 0 saturated heterocycles. The molecule has 5 aromatic carbocycles. The van der Waals surface area contributed by atoms with Crippen LogP contribution >= 0.6 is 23.5 Å². The van der Waals surface area contributed by atoms with Crippen LogP contribution < -0.4 is 10.2 Å². The molecular formula is C36H28N2S2. The number of anilines is 4. The molecule has 194 valence electrons. The standard InChI is InChI=1S/C36H28N2S2/c1-5-13-27(14-6-1)36(37-28-15-7-2-8-16-28)24-23-33-35(26-36)40-32-22-21-31(25-34(32)39-33)38(29-17-9-3-10-18-29)30-19-11-4-12-20-30/h1-25,37H,26H2. The summed E-state index contributed by atoms with van der Waals surface area (Å²) in [6.07, 6.45) is 5.58. The van der Waals surface area contributed by atoms with Gasteiger partial charge in [-0.2, -0.15) is 0 Å². The number of rotatable bonds is 6. The normalized spacial score (nSPS) is 17.6. The molecule has 0 aromatic heterocycles. The van der Waals surface area contributed by atoms with E-state index in [-0.39, 0.29) is 5.54 Å². The van der Waals surface area contributed by atoms with E-state index in [0.29, 0.717) is 0 Å². The molecule has 1 N–H and O–H groups in total. The van der Waals surface area contributed by atoms with Crippen molar-refractivity contribution in [2.75, 3.05) is 10.2 Å². The smallest absolute Gasteiger partial charge is 0.0859 e. The highest BCUT2D eigenvalue weighted by atomic mass is 32.2. The van der Waals surface area contributed by atoms with Crippen molar-refractivity contribution in [2.24, 2.45) is 0 Å². The maximum atomic E-state index is 3.88. The first-order chi connectivity index (χ1) is 19.8. The van der Waals surface area contributed by atoms with Gasteiger partial charge in [0.2, 0.25) is 0 Å². The van der Waals surface area contributed by atoms with E-state index in [4.69, 9.17) is 0 Å². The Kier molecular flexibility index (Phi) is 6.72. The lowest BCUT2D eigenvalue weighted by atomic mass is 9.83. The number of allylic oxidation sites excluding steroid dienone is 1. The second kappa shape index (κ2) is 10.8. The maximum absolute atomic E-state index is 3.88. The average Bonchev–Trinajstić information content (AvgIpc) is 3.02. The molecule has 5 aromatic rings. The summed E-state index contributed by atoms with van der Waals surface area (Å²) in [5.41, 5.74) is 5.57. The summed E-state index contributed by atoms with van der Waals surface area (Å²) >= 11 is 3.79. The van der Waals surface area contributed by atoms with Gasteiger partial charge in [-0.25, -0.2) is 0 Å². The van der Waals surface area contributed by atoms with Crippen LogP contribution in [0.15, 0.2) is 171 Å². The molecule has 2 nitrogen and oxygen atoms in total. The third-order valence-corrected chi connectivity index (χ3v) is 9.94. The fourth-order valence-electron chi connectivity index (χ4n) is 5.41. The van der Waals surface area contributed by atoms with E-state index >= 15 is 0 Å². The first kappa shape index (κ1) is 24.9. The van der Waals surface area contributed by atoms with E-state index in [1.165, 1.54) is 25.2 Å². The van der Waals surface area contributed by atoms with Gasteiger partial charge in [0, 0.05) is 48.8 Å². The second-order valence-corrected chi connectivity index (χ2v) is 12.2. The Balaban J connectivity index is 1.22. The molecule has 1 aliphatic heterocycles. The van der Waals surface area contributed by atoms with Gasteiger partial charge < -0.3 is 10.2 Å². The number of nitrogens with one attached hydrogen (secondary N) is 1. The van der Waals surface area contributed by atoms with Crippen LogP contribution in [0.5, 0.6) is 0 Å². The highest BCUT2D eigenvalue weighted by Crippen LogP contribution is 2.54. The van der Waals surface area contributed by atoms with Crippen LogP contribution in [0.4, 0.5) is 22.7 Å². The number of fused-ring (bicyclic) bond motifs is 1. The van der Waals surface area contributed by atoms with Gasteiger partial charge in [-0.1, -0.05) is 115 Å². The van der Waals surface area contributed by atoms with Crippen LogP contribution in [-0.4, -0.2) is 0 Å². The van der Waals surface area contributed by atoms with E-state index in [1.807, 2.05) is 23.5 Å². The predicted molar refractivity (Wildman–Crippen MR) is 172 cm³/mol. The lowest BCUT2D eigenvalue weighted by Gasteiger charge is -2.38. The average molecular weight is 553 g/mol. The van der Waals surface area contributed by atoms with E-state index < -0.39 is 0 Å². The first-order valence-electron chi connectivity index (χ1n) is 13.5. The van der Waals surface area contributed by atoms with Gasteiger partial charge in [-0.15, -0.1) is 0 Å². The molecule has 0 radical (unpaired) electrons. The van der Waals surface area contributed by atoms with Crippen molar-refractivity contribution in [3.63, 3.8) is 0 Å². The minimum atomic E-state index is -0.302. The minimum absolute atomic E-state index is 0.302. The summed E-state index contributed by atoms with van der Waals surface area (Å²) in [4.78, 5) is 7.68. The molecule has 0 saturated carbocycles. The van der Waals surface area contributed by atoms with Crippen molar-refractivity contribution in [3.8, 4) is 0 Å². The van der Waals surface area contributed by atoms with Crippen LogP contribution in [0.1, 0.15) is 12.0 Å². The van der Waals surface area contributed by atoms with Crippen LogP contribution in [0.2, 0.25) is 0 Å². The van der Waals surface area contributed by atoms with Gasteiger partial charge in [0.1, 0.15) is 0 Å². The zero-order valence-corrected chi connectivity index (χ0v) is 23.5. The molecule has 0 bridgehead atoms.